The molecule has 2 aromatic carbocycles. The van der Waals surface area contributed by atoms with Crippen molar-refractivity contribution < 1.29 is 23.5 Å². The molecule has 1 unspecified atom stereocenters. The van der Waals surface area contributed by atoms with Crippen molar-refractivity contribution >= 4 is 45.8 Å². The number of hydrogen-bond donors (Lipinski definition) is 2. The number of amides is 2. The minimum Gasteiger partial charge on any atom is -0.464 e. The molecule has 5 aromatic rings. The smallest absolute Gasteiger partial charge is 0.407 e. The number of imidazole rings is 1. The predicted molar refractivity (Wildman–Crippen MR) is 183 cm³/mol. The van der Waals surface area contributed by atoms with Gasteiger partial charge in [0.15, 0.2) is 5.82 Å². The van der Waals surface area contributed by atoms with Crippen molar-refractivity contribution in [2.24, 2.45) is 5.92 Å². The van der Waals surface area contributed by atoms with Crippen LogP contribution in [0.3, 0.4) is 0 Å². The third-order valence-electron chi connectivity index (χ3n) is 9.63. The number of hydrogen-bond acceptors (Lipinski definition) is 6. The fourth-order valence-electron chi connectivity index (χ4n) is 7.01. The van der Waals surface area contributed by atoms with Gasteiger partial charge >= 0.3 is 6.09 Å². The van der Waals surface area contributed by atoms with Crippen LogP contribution >= 0.6 is 22.9 Å². The van der Waals surface area contributed by atoms with E-state index in [0.717, 1.165) is 34.5 Å². The van der Waals surface area contributed by atoms with E-state index in [4.69, 9.17) is 26.1 Å². The highest BCUT2D eigenvalue weighted by atomic mass is 35.5. The summed E-state index contributed by atoms with van der Waals surface area (Å²) in [5, 5.41) is 3.62. The zero-order valence-electron chi connectivity index (χ0n) is 26.8. The van der Waals surface area contributed by atoms with E-state index in [-0.39, 0.29) is 23.7 Å². The molecule has 2 aliphatic heterocycles. The molecule has 48 heavy (non-hydrogen) atoms. The van der Waals surface area contributed by atoms with Gasteiger partial charge in [0, 0.05) is 33.0 Å². The number of alkyl carbamates (subject to hydrolysis) is 1. The number of aromatic nitrogens is 3. The van der Waals surface area contributed by atoms with Gasteiger partial charge in [-0.1, -0.05) is 31.5 Å². The summed E-state index contributed by atoms with van der Waals surface area (Å²) in [5.41, 5.74) is 3.43. The average molecular weight is 688 g/mol. The largest absolute Gasteiger partial charge is 0.464 e. The van der Waals surface area contributed by atoms with Gasteiger partial charge in [0.05, 0.1) is 41.1 Å². The quantitative estimate of drug-likeness (QED) is 0.179. The van der Waals surface area contributed by atoms with Crippen LogP contribution in [-0.2, 0) is 9.53 Å². The van der Waals surface area contributed by atoms with Crippen LogP contribution in [0.5, 0.6) is 5.75 Å². The zero-order valence-corrected chi connectivity index (χ0v) is 28.3. The monoisotopic (exact) mass is 687 g/mol. The third kappa shape index (κ3) is 5.24. The number of likely N-dealkylation sites (tertiary alicyclic amines) is 1. The van der Waals surface area contributed by atoms with E-state index >= 15 is 4.39 Å². The van der Waals surface area contributed by atoms with Crippen LogP contribution in [0, 0.1) is 11.7 Å². The van der Waals surface area contributed by atoms with E-state index in [1.807, 2.05) is 42.7 Å². The van der Waals surface area contributed by atoms with Crippen LogP contribution in [0.2, 0.25) is 5.02 Å². The Morgan fingerprint density at radius 3 is 2.71 bits per heavy atom. The lowest BCUT2D eigenvalue weighted by Gasteiger charge is -2.30. The maximum Gasteiger partial charge on any atom is 0.407 e. The van der Waals surface area contributed by atoms with Gasteiger partial charge < -0.3 is 24.7 Å². The van der Waals surface area contributed by atoms with Crippen molar-refractivity contribution in [2.75, 3.05) is 13.7 Å². The Morgan fingerprint density at radius 2 is 1.94 bits per heavy atom. The second-order valence-corrected chi connectivity index (χ2v) is 14.7. The van der Waals surface area contributed by atoms with Crippen molar-refractivity contribution in [3.63, 3.8) is 0 Å². The number of rotatable bonds is 7. The number of benzene rings is 2. The average Bonchev–Trinajstić information content (AvgIpc) is 3.46. The number of H-pyrrole nitrogens is 1. The molecule has 0 radical (unpaired) electrons. The molecule has 12 heteroatoms. The maximum atomic E-state index is 16.3. The van der Waals surface area contributed by atoms with E-state index in [2.05, 4.69) is 22.4 Å². The normalized spacial score (nSPS) is 19.2. The van der Waals surface area contributed by atoms with Crippen molar-refractivity contribution in [1.29, 1.82) is 0 Å². The summed E-state index contributed by atoms with van der Waals surface area (Å²) in [7, 11) is 1.28. The number of nitrogens with one attached hydrogen (secondary N) is 2. The van der Waals surface area contributed by atoms with Gasteiger partial charge in [-0.15, -0.1) is 11.3 Å². The fraction of sp³-hybridized carbons (Fsp3) is 0.361. The molecule has 248 valence electrons. The first-order valence-electron chi connectivity index (χ1n) is 16.3. The highest BCUT2D eigenvalue weighted by Gasteiger charge is 2.38. The number of thiophene rings is 1. The standard InChI is InChI=1S/C36H35ClFN5O4S/c1-18(2)31(41-36(45)46-3)34(44)42-14-4-5-26(42)33-39-17-24(40-33)20-8-10-22-27(15-20)47-35(29-13-12-28(48-29)19-6-7-19)43-25-11-9-21(37)16-23(25)30(38)32(22)43/h8-13,15-19,26,31,35H,4-7,14H2,1-3H3,(H,39,40)(H,41,45)/t26-,31-,35?/m0/s1. The Morgan fingerprint density at radius 1 is 1.12 bits per heavy atom. The molecule has 1 aliphatic carbocycles. The van der Waals surface area contributed by atoms with Crippen LogP contribution in [-0.4, -0.2) is 51.1 Å². The molecule has 2 fully saturated rings. The lowest BCUT2D eigenvalue weighted by Crippen LogP contribution is -2.51. The Kier molecular flexibility index (Phi) is 7.71. The van der Waals surface area contributed by atoms with Gasteiger partial charge in [0.2, 0.25) is 12.1 Å². The van der Waals surface area contributed by atoms with Crippen molar-refractivity contribution in [3.8, 4) is 28.3 Å². The molecular formula is C36H35ClFN5O4S. The minimum absolute atomic E-state index is 0.126. The number of aromatic amines is 1. The molecule has 3 aromatic heterocycles. The summed E-state index contributed by atoms with van der Waals surface area (Å²) in [6, 6.07) is 14.3. The topological polar surface area (TPSA) is 101 Å². The third-order valence-corrected chi connectivity index (χ3v) is 11.1. The molecule has 3 atom stereocenters. The molecule has 0 spiro atoms. The SMILES string of the molecule is COC(=O)N[C@H](C(=O)N1CCC[C@H]1c1ncc(-c2ccc3c(c2)OC(c2ccc(C4CC4)s2)n2c-3c(F)c3cc(Cl)ccc32)[nH]1)C(C)C. The molecule has 5 heterocycles. The van der Waals surface area contributed by atoms with Crippen molar-refractivity contribution in [2.45, 2.75) is 63.8 Å². The fourth-order valence-corrected chi connectivity index (χ4v) is 8.39. The molecule has 2 amide bonds. The van der Waals surface area contributed by atoms with Gasteiger partial charge in [-0.25, -0.2) is 14.2 Å². The van der Waals surface area contributed by atoms with Gasteiger partial charge in [0.25, 0.3) is 0 Å². The first-order valence-corrected chi connectivity index (χ1v) is 17.5. The van der Waals surface area contributed by atoms with Gasteiger partial charge in [0.1, 0.15) is 17.6 Å². The summed E-state index contributed by atoms with van der Waals surface area (Å²) in [6.45, 7) is 4.35. The highest BCUT2D eigenvalue weighted by molar-refractivity contribution is 7.12. The lowest BCUT2D eigenvalue weighted by molar-refractivity contribution is -0.135. The second-order valence-electron chi connectivity index (χ2n) is 13.1. The number of halogens is 2. The van der Waals surface area contributed by atoms with Crippen LogP contribution in [0.15, 0.2) is 54.7 Å². The van der Waals surface area contributed by atoms with Gasteiger partial charge in [-0.3, -0.25) is 9.36 Å². The molecular weight excluding hydrogens is 653 g/mol. The Bertz CT molecular complexity index is 2070. The van der Waals surface area contributed by atoms with Crippen LogP contribution in [0.1, 0.15) is 73.3 Å². The van der Waals surface area contributed by atoms with E-state index in [9.17, 15) is 9.59 Å². The number of ether oxygens (including phenoxy) is 2. The first-order chi connectivity index (χ1) is 23.2. The molecule has 2 N–H and O–H groups in total. The summed E-state index contributed by atoms with van der Waals surface area (Å²) >= 11 is 8.04. The summed E-state index contributed by atoms with van der Waals surface area (Å²) in [4.78, 5) is 37.9. The number of methoxy groups -OCH3 is 1. The van der Waals surface area contributed by atoms with Crippen LogP contribution in [0.4, 0.5) is 9.18 Å². The van der Waals surface area contributed by atoms with E-state index in [1.54, 1.807) is 34.6 Å². The number of fused-ring (bicyclic) bond motifs is 5. The zero-order chi connectivity index (χ0) is 33.3. The highest BCUT2D eigenvalue weighted by Crippen LogP contribution is 2.50. The Hall–Kier alpha value is -4.35. The molecule has 3 aliphatic rings. The van der Waals surface area contributed by atoms with Crippen LogP contribution < -0.4 is 10.1 Å². The predicted octanol–water partition coefficient (Wildman–Crippen LogP) is 8.41. The number of nitrogens with zero attached hydrogens (tertiary/aromatic N) is 3. The van der Waals surface area contributed by atoms with Gasteiger partial charge in [-0.2, -0.15) is 0 Å². The first kappa shape index (κ1) is 31.0. The Balaban J connectivity index is 1.14. The van der Waals surface area contributed by atoms with E-state index in [0.29, 0.717) is 45.7 Å². The minimum atomic E-state index is -0.714. The molecule has 0 bridgehead atoms. The van der Waals surface area contributed by atoms with E-state index in [1.165, 1.54) is 24.8 Å². The van der Waals surface area contributed by atoms with Crippen molar-refractivity contribution in [3.05, 3.63) is 81.1 Å². The molecule has 9 nitrogen and oxygen atoms in total. The molecule has 8 rings (SSSR count). The Labute approximate surface area is 286 Å². The van der Waals surface area contributed by atoms with E-state index < -0.39 is 18.4 Å². The molecule has 1 saturated heterocycles. The summed E-state index contributed by atoms with van der Waals surface area (Å²) in [5.74, 6) is 1.22. The second kappa shape index (κ2) is 12.0. The summed E-state index contributed by atoms with van der Waals surface area (Å²) in [6.07, 6.45) is 4.53. The number of carbonyl (C=O) groups is 2. The van der Waals surface area contributed by atoms with Crippen molar-refractivity contribution in [1.82, 2.24) is 24.8 Å². The van der Waals surface area contributed by atoms with Gasteiger partial charge in [-0.05, 0) is 80.0 Å². The lowest BCUT2D eigenvalue weighted by atomic mass is 10.0. The number of carbonyl (C=O) groups excluding carboxylic acids is 2. The molecule has 1 saturated carbocycles. The van der Waals surface area contributed by atoms with Crippen LogP contribution in [0.25, 0.3) is 33.4 Å². The maximum absolute atomic E-state index is 16.3. The summed E-state index contributed by atoms with van der Waals surface area (Å²) < 4.78 is 29.8.